The third-order valence-corrected chi connectivity index (χ3v) is 5.18. The van der Waals surface area contributed by atoms with Crippen molar-refractivity contribution in [1.82, 2.24) is 0 Å². The lowest BCUT2D eigenvalue weighted by Crippen LogP contribution is -2.18. The molecule has 0 bridgehead atoms. The number of hydrogen-bond acceptors (Lipinski definition) is 2. The minimum Gasteiger partial charge on any atom is -0.377 e. The third-order valence-electron chi connectivity index (χ3n) is 4.22. The van der Waals surface area contributed by atoms with Crippen molar-refractivity contribution in [2.45, 2.75) is 38.6 Å². The number of thiophene rings is 1. The van der Waals surface area contributed by atoms with E-state index in [0.717, 1.165) is 11.3 Å². The number of anilines is 1. The first-order chi connectivity index (χ1) is 9.74. The zero-order valence-electron chi connectivity index (χ0n) is 11.7. The lowest BCUT2D eigenvalue weighted by molar-refractivity contribution is 0.475. The Bertz CT molecular complexity index is 558. The van der Waals surface area contributed by atoms with Crippen LogP contribution in [0.15, 0.2) is 35.7 Å². The van der Waals surface area contributed by atoms with Crippen molar-refractivity contribution in [2.24, 2.45) is 5.92 Å². The van der Waals surface area contributed by atoms with E-state index in [2.05, 4.69) is 22.8 Å². The van der Waals surface area contributed by atoms with Gasteiger partial charge in [-0.25, -0.2) is 4.39 Å². The fraction of sp³-hybridized carbons (Fsp3) is 0.412. The number of halogens is 1. The lowest BCUT2D eigenvalue weighted by Gasteiger charge is -2.25. The molecule has 106 valence electrons. The highest BCUT2D eigenvalue weighted by molar-refractivity contribution is 7.10. The minimum atomic E-state index is -0.165. The first-order valence-corrected chi connectivity index (χ1v) is 8.18. The van der Waals surface area contributed by atoms with Gasteiger partial charge in [0.05, 0.1) is 6.04 Å². The molecule has 0 aliphatic heterocycles. The van der Waals surface area contributed by atoms with Crippen molar-refractivity contribution in [1.29, 1.82) is 0 Å². The molecule has 0 saturated heterocycles. The Morgan fingerprint density at radius 1 is 1.25 bits per heavy atom. The molecule has 1 aliphatic carbocycles. The highest BCUT2D eigenvalue weighted by Crippen LogP contribution is 2.39. The molecule has 1 atom stereocenters. The zero-order chi connectivity index (χ0) is 13.9. The average Bonchev–Trinajstić information content (AvgIpc) is 3.11. The van der Waals surface area contributed by atoms with Crippen LogP contribution in [0.2, 0.25) is 0 Å². The molecule has 1 N–H and O–H groups in total. The van der Waals surface area contributed by atoms with E-state index >= 15 is 0 Å². The number of hydrogen-bond donors (Lipinski definition) is 1. The van der Waals surface area contributed by atoms with Crippen molar-refractivity contribution in [3.05, 3.63) is 52.0 Å². The van der Waals surface area contributed by atoms with Crippen LogP contribution in [-0.2, 0) is 0 Å². The van der Waals surface area contributed by atoms with Gasteiger partial charge < -0.3 is 5.32 Å². The van der Waals surface area contributed by atoms with Gasteiger partial charge in [-0.15, -0.1) is 11.3 Å². The van der Waals surface area contributed by atoms with Crippen LogP contribution in [-0.4, -0.2) is 0 Å². The van der Waals surface area contributed by atoms with E-state index in [4.69, 9.17) is 0 Å². The first kappa shape index (κ1) is 13.6. The molecular formula is C17H20FNS. The normalized spacial score (nSPS) is 17.3. The highest BCUT2D eigenvalue weighted by atomic mass is 32.1. The molecule has 1 heterocycles. The van der Waals surface area contributed by atoms with Crippen molar-refractivity contribution in [3.63, 3.8) is 0 Å². The number of rotatable bonds is 4. The van der Waals surface area contributed by atoms with Crippen LogP contribution in [0.4, 0.5) is 10.1 Å². The second kappa shape index (κ2) is 5.96. The number of benzene rings is 1. The van der Waals surface area contributed by atoms with E-state index in [9.17, 15) is 4.39 Å². The molecule has 0 amide bonds. The summed E-state index contributed by atoms with van der Waals surface area (Å²) in [7, 11) is 0. The molecule has 0 spiro atoms. The average molecular weight is 289 g/mol. The Balaban J connectivity index is 1.86. The Morgan fingerprint density at radius 2 is 2.05 bits per heavy atom. The standard InChI is InChI=1S/C17H20FNS/c1-12-11-14(18)8-9-15(12)19-17(13-5-2-3-6-13)16-7-4-10-20-16/h4,7-11,13,17,19H,2-3,5-6H2,1H3. The zero-order valence-corrected chi connectivity index (χ0v) is 12.5. The molecule has 1 fully saturated rings. The van der Waals surface area contributed by atoms with E-state index in [1.165, 1.54) is 36.6 Å². The topological polar surface area (TPSA) is 12.0 Å². The van der Waals surface area contributed by atoms with Gasteiger partial charge >= 0.3 is 0 Å². The summed E-state index contributed by atoms with van der Waals surface area (Å²) in [6.45, 7) is 1.96. The van der Waals surface area contributed by atoms with Crippen LogP contribution in [0.5, 0.6) is 0 Å². The van der Waals surface area contributed by atoms with E-state index in [1.54, 1.807) is 6.07 Å². The van der Waals surface area contributed by atoms with Gasteiger partial charge in [-0.05, 0) is 60.9 Å². The molecule has 1 aromatic heterocycles. The second-order valence-corrected chi connectivity index (χ2v) is 6.62. The minimum absolute atomic E-state index is 0.165. The fourth-order valence-electron chi connectivity index (χ4n) is 3.14. The molecular weight excluding hydrogens is 269 g/mol. The summed E-state index contributed by atoms with van der Waals surface area (Å²) in [5.74, 6) is 0.527. The van der Waals surface area contributed by atoms with Crippen LogP contribution < -0.4 is 5.32 Å². The van der Waals surface area contributed by atoms with Crippen LogP contribution in [0, 0.1) is 18.7 Å². The summed E-state index contributed by atoms with van der Waals surface area (Å²) in [6, 6.07) is 9.68. The molecule has 0 radical (unpaired) electrons. The molecule has 1 saturated carbocycles. The number of aryl methyl sites for hydroxylation is 1. The highest BCUT2D eigenvalue weighted by Gasteiger charge is 2.27. The Morgan fingerprint density at radius 3 is 2.70 bits per heavy atom. The van der Waals surface area contributed by atoms with Gasteiger partial charge in [0.2, 0.25) is 0 Å². The summed E-state index contributed by atoms with van der Waals surface area (Å²) in [4.78, 5) is 1.39. The maximum atomic E-state index is 13.2. The second-order valence-electron chi connectivity index (χ2n) is 5.64. The van der Waals surface area contributed by atoms with Crippen molar-refractivity contribution >= 4 is 17.0 Å². The van der Waals surface area contributed by atoms with E-state index in [1.807, 2.05) is 24.3 Å². The van der Waals surface area contributed by atoms with Crippen LogP contribution in [0.25, 0.3) is 0 Å². The fourth-order valence-corrected chi connectivity index (χ4v) is 4.01. The predicted octanol–water partition coefficient (Wildman–Crippen LogP) is 5.54. The van der Waals surface area contributed by atoms with Crippen LogP contribution in [0.3, 0.4) is 0 Å². The van der Waals surface area contributed by atoms with Gasteiger partial charge in [-0.2, -0.15) is 0 Å². The van der Waals surface area contributed by atoms with Gasteiger partial charge in [0, 0.05) is 10.6 Å². The molecule has 1 aliphatic rings. The Labute approximate surface area is 123 Å². The monoisotopic (exact) mass is 289 g/mol. The summed E-state index contributed by atoms with van der Waals surface area (Å²) < 4.78 is 13.2. The Hall–Kier alpha value is -1.35. The van der Waals surface area contributed by atoms with Gasteiger partial charge in [0.1, 0.15) is 5.82 Å². The quantitative estimate of drug-likeness (QED) is 0.779. The smallest absolute Gasteiger partial charge is 0.123 e. The first-order valence-electron chi connectivity index (χ1n) is 7.30. The SMILES string of the molecule is Cc1cc(F)ccc1NC(c1cccs1)C1CCCC1. The predicted molar refractivity (Wildman–Crippen MR) is 83.8 cm³/mol. The molecule has 1 aromatic carbocycles. The third kappa shape index (κ3) is 2.88. The van der Waals surface area contributed by atoms with Crippen molar-refractivity contribution < 1.29 is 4.39 Å². The van der Waals surface area contributed by atoms with Gasteiger partial charge in [0.15, 0.2) is 0 Å². The van der Waals surface area contributed by atoms with Gasteiger partial charge in [-0.1, -0.05) is 18.9 Å². The molecule has 3 rings (SSSR count). The van der Waals surface area contributed by atoms with E-state index in [-0.39, 0.29) is 5.82 Å². The molecule has 3 heteroatoms. The Kier molecular flexibility index (Phi) is 4.06. The molecule has 2 aromatic rings. The summed E-state index contributed by atoms with van der Waals surface area (Å²) in [5, 5.41) is 5.80. The van der Waals surface area contributed by atoms with E-state index in [0.29, 0.717) is 12.0 Å². The van der Waals surface area contributed by atoms with E-state index < -0.39 is 0 Å². The molecule has 20 heavy (non-hydrogen) atoms. The summed E-state index contributed by atoms with van der Waals surface area (Å²) in [6.07, 6.45) is 5.23. The maximum Gasteiger partial charge on any atom is 0.123 e. The van der Waals surface area contributed by atoms with Gasteiger partial charge in [0.25, 0.3) is 0 Å². The maximum absolute atomic E-state index is 13.2. The summed E-state index contributed by atoms with van der Waals surface area (Å²) in [5.41, 5.74) is 2.03. The van der Waals surface area contributed by atoms with Crippen molar-refractivity contribution in [3.8, 4) is 0 Å². The summed E-state index contributed by atoms with van der Waals surface area (Å²) >= 11 is 1.81. The molecule has 1 unspecified atom stereocenters. The largest absolute Gasteiger partial charge is 0.377 e. The molecule has 1 nitrogen and oxygen atoms in total. The lowest BCUT2D eigenvalue weighted by atomic mass is 9.96. The number of nitrogens with one attached hydrogen (secondary N) is 1. The van der Waals surface area contributed by atoms with Crippen molar-refractivity contribution in [2.75, 3.05) is 5.32 Å². The van der Waals surface area contributed by atoms with Crippen LogP contribution >= 0.6 is 11.3 Å². The van der Waals surface area contributed by atoms with Gasteiger partial charge in [-0.3, -0.25) is 0 Å². The van der Waals surface area contributed by atoms with Crippen LogP contribution in [0.1, 0.15) is 42.2 Å².